The standard InChI is InChI=1S/C14H12N2O2/c15-8-10-4-6-11(7-5-10)9-18-13-3-1-2-12(17)14(13)16/h1-7,17H,9,16H2. The quantitative estimate of drug-likeness (QED) is 0.637. The molecule has 90 valence electrons. The number of aromatic hydroxyl groups is 1. The van der Waals surface area contributed by atoms with Gasteiger partial charge in [-0.1, -0.05) is 18.2 Å². The predicted octanol–water partition coefficient (Wildman–Crippen LogP) is 2.43. The van der Waals surface area contributed by atoms with Crippen LogP contribution in [-0.2, 0) is 6.61 Å². The molecule has 2 aromatic rings. The van der Waals surface area contributed by atoms with Gasteiger partial charge in [-0.15, -0.1) is 0 Å². The molecule has 0 saturated heterocycles. The van der Waals surface area contributed by atoms with Crippen LogP contribution in [0.1, 0.15) is 11.1 Å². The third kappa shape index (κ3) is 2.53. The van der Waals surface area contributed by atoms with Crippen molar-refractivity contribution in [3.63, 3.8) is 0 Å². The largest absolute Gasteiger partial charge is 0.506 e. The van der Waals surface area contributed by atoms with Gasteiger partial charge in [0.2, 0.25) is 0 Å². The molecular formula is C14H12N2O2. The summed E-state index contributed by atoms with van der Waals surface area (Å²) in [5.41, 5.74) is 7.44. The number of rotatable bonds is 3. The van der Waals surface area contributed by atoms with E-state index in [9.17, 15) is 5.11 Å². The monoisotopic (exact) mass is 240 g/mol. The minimum Gasteiger partial charge on any atom is -0.506 e. The molecule has 2 aromatic carbocycles. The highest BCUT2D eigenvalue weighted by molar-refractivity contribution is 5.61. The SMILES string of the molecule is N#Cc1ccc(COc2cccc(O)c2N)cc1. The van der Waals surface area contributed by atoms with Gasteiger partial charge in [-0.25, -0.2) is 0 Å². The van der Waals surface area contributed by atoms with Crippen molar-refractivity contribution in [1.82, 2.24) is 0 Å². The summed E-state index contributed by atoms with van der Waals surface area (Å²) < 4.78 is 5.51. The summed E-state index contributed by atoms with van der Waals surface area (Å²) in [7, 11) is 0. The lowest BCUT2D eigenvalue weighted by molar-refractivity contribution is 0.306. The molecule has 4 nitrogen and oxygen atoms in total. The first-order valence-corrected chi connectivity index (χ1v) is 5.40. The Morgan fingerprint density at radius 1 is 1.17 bits per heavy atom. The highest BCUT2D eigenvalue weighted by Gasteiger charge is 2.04. The number of phenolic OH excluding ortho intramolecular Hbond substituents is 1. The second-order valence-electron chi connectivity index (χ2n) is 3.79. The molecule has 0 unspecified atom stereocenters. The smallest absolute Gasteiger partial charge is 0.146 e. The van der Waals surface area contributed by atoms with Gasteiger partial charge >= 0.3 is 0 Å². The molecule has 0 fully saturated rings. The van der Waals surface area contributed by atoms with Crippen LogP contribution in [0.5, 0.6) is 11.5 Å². The first-order chi connectivity index (χ1) is 8.70. The number of phenols is 1. The normalized spacial score (nSPS) is 9.72. The number of nitrogens with zero attached hydrogens (tertiary/aromatic N) is 1. The van der Waals surface area contributed by atoms with Crippen molar-refractivity contribution >= 4 is 5.69 Å². The molecule has 0 amide bonds. The van der Waals surface area contributed by atoms with Crippen molar-refractivity contribution in [2.45, 2.75) is 6.61 Å². The molecule has 0 aliphatic heterocycles. The second-order valence-corrected chi connectivity index (χ2v) is 3.79. The molecule has 4 heteroatoms. The maximum absolute atomic E-state index is 9.42. The number of nitriles is 1. The van der Waals surface area contributed by atoms with E-state index in [1.54, 1.807) is 24.3 Å². The summed E-state index contributed by atoms with van der Waals surface area (Å²) in [6.07, 6.45) is 0. The van der Waals surface area contributed by atoms with Crippen molar-refractivity contribution in [1.29, 1.82) is 5.26 Å². The lowest BCUT2D eigenvalue weighted by Crippen LogP contribution is -1.98. The van der Waals surface area contributed by atoms with Crippen LogP contribution in [0.3, 0.4) is 0 Å². The molecule has 0 radical (unpaired) electrons. The fraction of sp³-hybridized carbons (Fsp3) is 0.0714. The fourth-order valence-corrected chi connectivity index (χ4v) is 1.49. The molecular weight excluding hydrogens is 228 g/mol. The van der Waals surface area contributed by atoms with Crippen LogP contribution in [-0.4, -0.2) is 5.11 Å². The molecule has 0 aliphatic rings. The second kappa shape index (κ2) is 5.11. The summed E-state index contributed by atoms with van der Waals surface area (Å²) in [4.78, 5) is 0. The van der Waals surface area contributed by atoms with Crippen LogP contribution in [0.15, 0.2) is 42.5 Å². The van der Waals surface area contributed by atoms with Gasteiger partial charge in [0.05, 0.1) is 11.6 Å². The van der Waals surface area contributed by atoms with E-state index in [0.29, 0.717) is 17.9 Å². The summed E-state index contributed by atoms with van der Waals surface area (Å²) in [6, 6.07) is 14.0. The highest BCUT2D eigenvalue weighted by Crippen LogP contribution is 2.30. The van der Waals surface area contributed by atoms with Crippen LogP contribution in [0.25, 0.3) is 0 Å². The number of nitrogens with two attached hydrogens (primary N) is 1. The maximum Gasteiger partial charge on any atom is 0.146 e. The number of anilines is 1. The van der Waals surface area contributed by atoms with Gasteiger partial charge in [0, 0.05) is 0 Å². The molecule has 0 heterocycles. The van der Waals surface area contributed by atoms with Gasteiger partial charge in [0.15, 0.2) is 0 Å². The average Bonchev–Trinajstić information content (AvgIpc) is 2.41. The zero-order valence-corrected chi connectivity index (χ0v) is 9.63. The van der Waals surface area contributed by atoms with Gasteiger partial charge in [-0.2, -0.15) is 5.26 Å². The number of benzene rings is 2. The molecule has 3 N–H and O–H groups in total. The molecule has 2 rings (SSSR count). The molecule has 0 aromatic heterocycles. The lowest BCUT2D eigenvalue weighted by Gasteiger charge is -2.09. The summed E-state index contributed by atoms with van der Waals surface area (Å²) in [5, 5.41) is 18.1. The minimum absolute atomic E-state index is 0.00679. The van der Waals surface area contributed by atoms with E-state index in [1.807, 2.05) is 12.1 Å². The molecule has 0 aliphatic carbocycles. The van der Waals surface area contributed by atoms with Crippen molar-refractivity contribution < 1.29 is 9.84 Å². The zero-order chi connectivity index (χ0) is 13.0. The zero-order valence-electron chi connectivity index (χ0n) is 9.63. The number of ether oxygens (including phenoxy) is 1. The summed E-state index contributed by atoms with van der Waals surface area (Å²) >= 11 is 0. The van der Waals surface area contributed by atoms with Gasteiger partial charge in [-0.3, -0.25) is 0 Å². The van der Waals surface area contributed by atoms with Crippen LogP contribution in [0.4, 0.5) is 5.69 Å². The van der Waals surface area contributed by atoms with Crippen molar-refractivity contribution in [3.05, 3.63) is 53.6 Å². The van der Waals surface area contributed by atoms with E-state index >= 15 is 0 Å². The molecule has 18 heavy (non-hydrogen) atoms. The Balaban J connectivity index is 2.07. The third-order valence-corrected chi connectivity index (χ3v) is 2.52. The maximum atomic E-state index is 9.42. The molecule has 0 bridgehead atoms. The molecule has 0 atom stereocenters. The number of hydrogen-bond donors (Lipinski definition) is 2. The van der Waals surface area contributed by atoms with Gasteiger partial charge in [-0.05, 0) is 29.8 Å². The van der Waals surface area contributed by atoms with Crippen molar-refractivity contribution in [2.24, 2.45) is 0 Å². The Bertz CT molecular complexity index is 586. The lowest BCUT2D eigenvalue weighted by atomic mass is 10.1. The van der Waals surface area contributed by atoms with Crippen molar-refractivity contribution in [3.8, 4) is 17.6 Å². The summed E-state index contributed by atoms with van der Waals surface area (Å²) in [5.74, 6) is 0.451. The Morgan fingerprint density at radius 2 is 1.89 bits per heavy atom. The van der Waals surface area contributed by atoms with Crippen LogP contribution in [0, 0.1) is 11.3 Å². The van der Waals surface area contributed by atoms with E-state index in [2.05, 4.69) is 6.07 Å². The minimum atomic E-state index is 0.00679. The van der Waals surface area contributed by atoms with Crippen LogP contribution < -0.4 is 10.5 Å². The topological polar surface area (TPSA) is 79.3 Å². The van der Waals surface area contributed by atoms with E-state index in [4.69, 9.17) is 15.7 Å². The first-order valence-electron chi connectivity index (χ1n) is 5.40. The van der Waals surface area contributed by atoms with Crippen molar-refractivity contribution in [2.75, 3.05) is 5.73 Å². The van der Waals surface area contributed by atoms with E-state index < -0.39 is 0 Å². The average molecular weight is 240 g/mol. The Hall–Kier alpha value is -2.67. The van der Waals surface area contributed by atoms with E-state index in [-0.39, 0.29) is 11.4 Å². The van der Waals surface area contributed by atoms with E-state index in [0.717, 1.165) is 5.56 Å². The fourth-order valence-electron chi connectivity index (χ4n) is 1.49. The Labute approximate surface area is 105 Å². The van der Waals surface area contributed by atoms with Crippen LogP contribution >= 0.6 is 0 Å². The van der Waals surface area contributed by atoms with Gasteiger partial charge in [0.25, 0.3) is 0 Å². The van der Waals surface area contributed by atoms with Gasteiger partial charge < -0.3 is 15.6 Å². The van der Waals surface area contributed by atoms with E-state index in [1.165, 1.54) is 6.07 Å². The number of nitrogen functional groups attached to an aromatic ring is 1. The number of para-hydroxylation sites is 1. The highest BCUT2D eigenvalue weighted by atomic mass is 16.5. The predicted molar refractivity (Wildman–Crippen MR) is 68.0 cm³/mol. The third-order valence-electron chi connectivity index (χ3n) is 2.52. The van der Waals surface area contributed by atoms with Crippen LogP contribution in [0.2, 0.25) is 0 Å². The summed E-state index contributed by atoms with van der Waals surface area (Å²) in [6.45, 7) is 0.333. The first kappa shape index (κ1) is 11.8. The number of hydrogen-bond acceptors (Lipinski definition) is 4. The molecule has 0 saturated carbocycles. The van der Waals surface area contributed by atoms with Gasteiger partial charge in [0.1, 0.15) is 23.8 Å². The molecule has 0 spiro atoms. The Kier molecular flexibility index (Phi) is 3.35. The Morgan fingerprint density at radius 3 is 2.56 bits per heavy atom.